The lowest BCUT2D eigenvalue weighted by Gasteiger charge is -2.33. The van der Waals surface area contributed by atoms with E-state index in [-0.39, 0.29) is 6.42 Å². The number of hydrogen-bond donors (Lipinski definition) is 1. The van der Waals surface area contributed by atoms with Gasteiger partial charge in [-0.3, -0.25) is 4.79 Å². The number of para-hydroxylation sites is 1. The minimum Gasteiger partial charge on any atom is -0.481 e. The maximum atomic E-state index is 10.9. The third-order valence-electron chi connectivity index (χ3n) is 4.32. The van der Waals surface area contributed by atoms with Gasteiger partial charge in [-0.2, -0.15) is 0 Å². The number of nitrogens with zero attached hydrogens (tertiary/aromatic N) is 1. The van der Waals surface area contributed by atoms with E-state index in [0.717, 1.165) is 11.6 Å². The Morgan fingerprint density at radius 3 is 2.65 bits per heavy atom. The maximum absolute atomic E-state index is 10.9. The van der Waals surface area contributed by atoms with Crippen LogP contribution in [0.4, 0.5) is 5.69 Å². The van der Waals surface area contributed by atoms with E-state index < -0.39 is 5.97 Å². The third-order valence-corrected chi connectivity index (χ3v) is 4.32. The van der Waals surface area contributed by atoms with Crippen molar-refractivity contribution in [1.82, 2.24) is 0 Å². The van der Waals surface area contributed by atoms with Crippen LogP contribution in [0.15, 0.2) is 30.3 Å². The molecular weight excluding hydrogens is 250 g/mol. The predicted octanol–water partition coefficient (Wildman–Crippen LogP) is 3.94. The van der Waals surface area contributed by atoms with Crippen LogP contribution in [0.25, 0.3) is 0 Å². The van der Waals surface area contributed by atoms with Gasteiger partial charge in [0.1, 0.15) is 0 Å². The molecule has 0 aromatic heterocycles. The Kier molecular flexibility index (Phi) is 5.45. The zero-order chi connectivity index (χ0) is 14.4. The smallest absolute Gasteiger partial charge is 0.305 e. The molecule has 1 aliphatic rings. The first kappa shape index (κ1) is 14.9. The van der Waals surface area contributed by atoms with E-state index in [1.54, 1.807) is 0 Å². The van der Waals surface area contributed by atoms with Gasteiger partial charge in [0, 0.05) is 18.3 Å². The van der Waals surface area contributed by atoms with E-state index in [9.17, 15) is 4.79 Å². The van der Waals surface area contributed by atoms with Crippen LogP contribution in [0.1, 0.15) is 45.4 Å². The van der Waals surface area contributed by atoms with E-state index in [1.165, 1.54) is 32.1 Å². The fraction of sp³-hybridized carbons (Fsp3) is 0.588. The molecule has 0 radical (unpaired) electrons. The van der Waals surface area contributed by atoms with Crippen LogP contribution in [0.5, 0.6) is 0 Å². The van der Waals surface area contributed by atoms with Crippen LogP contribution in [0, 0.1) is 5.92 Å². The summed E-state index contributed by atoms with van der Waals surface area (Å²) < 4.78 is 0. The second-order valence-corrected chi connectivity index (χ2v) is 5.94. The summed E-state index contributed by atoms with van der Waals surface area (Å²) in [6.45, 7) is 2.94. The molecule has 1 N–H and O–H groups in total. The molecule has 0 heterocycles. The summed E-state index contributed by atoms with van der Waals surface area (Å²) >= 11 is 0. The molecule has 2 unspecified atom stereocenters. The Hall–Kier alpha value is -1.51. The number of benzene rings is 1. The minimum atomic E-state index is -0.715. The Morgan fingerprint density at radius 2 is 1.95 bits per heavy atom. The second-order valence-electron chi connectivity index (χ2n) is 5.94. The highest BCUT2D eigenvalue weighted by molar-refractivity contribution is 5.67. The lowest BCUT2D eigenvalue weighted by molar-refractivity contribution is -0.136. The highest BCUT2D eigenvalue weighted by atomic mass is 16.4. The summed E-state index contributed by atoms with van der Waals surface area (Å²) in [6, 6.07) is 10.7. The monoisotopic (exact) mass is 275 g/mol. The molecule has 1 aromatic carbocycles. The molecule has 0 aliphatic heterocycles. The van der Waals surface area contributed by atoms with Crippen molar-refractivity contribution in [2.75, 3.05) is 11.4 Å². The van der Waals surface area contributed by atoms with Crippen molar-refractivity contribution < 1.29 is 9.90 Å². The van der Waals surface area contributed by atoms with Crippen LogP contribution >= 0.6 is 0 Å². The molecule has 1 fully saturated rings. The van der Waals surface area contributed by atoms with Gasteiger partial charge in [-0.1, -0.05) is 38.0 Å². The van der Waals surface area contributed by atoms with E-state index in [2.05, 4.69) is 24.0 Å². The van der Waals surface area contributed by atoms with Gasteiger partial charge in [-0.25, -0.2) is 0 Å². The maximum Gasteiger partial charge on any atom is 0.305 e. The zero-order valence-corrected chi connectivity index (χ0v) is 12.3. The average molecular weight is 275 g/mol. The van der Waals surface area contributed by atoms with Gasteiger partial charge in [0.15, 0.2) is 0 Å². The summed E-state index contributed by atoms with van der Waals surface area (Å²) in [5.41, 5.74) is 1.16. The fourth-order valence-electron chi connectivity index (χ4n) is 3.14. The molecule has 2 atom stereocenters. The number of carboxylic acid groups (broad SMARTS) is 1. The van der Waals surface area contributed by atoms with Gasteiger partial charge in [0.25, 0.3) is 0 Å². The Morgan fingerprint density at radius 1 is 1.20 bits per heavy atom. The molecule has 0 bridgehead atoms. The summed E-state index contributed by atoms with van der Waals surface area (Å²) in [4.78, 5) is 13.2. The average Bonchev–Trinajstić information content (AvgIpc) is 2.65. The van der Waals surface area contributed by atoms with Crippen LogP contribution in [-0.4, -0.2) is 23.7 Å². The predicted molar refractivity (Wildman–Crippen MR) is 82.1 cm³/mol. The number of carboxylic acids is 1. The summed E-state index contributed by atoms with van der Waals surface area (Å²) in [6.07, 6.45) is 6.37. The Bertz CT molecular complexity index is 418. The summed E-state index contributed by atoms with van der Waals surface area (Å²) in [5.74, 6) is 0.0880. The molecule has 1 aliphatic carbocycles. The topological polar surface area (TPSA) is 40.5 Å². The van der Waals surface area contributed by atoms with E-state index in [0.29, 0.717) is 12.6 Å². The molecule has 0 saturated heterocycles. The van der Waals surface area contributed by atoms with Crippen molar-refractivity contribution in [2.45, 2.75) is 51.5 Å². The lowest BCUT2D eigenvalue weighted by atomic mass is 10.0. The van der Waals surface area contributed by atoms with E-state index in [4.69, 9.17) is 5.11 Å². The van der Waals surface area contributed by atoms with Gasteiger partial charge in [0.05, 0.1) is 6.42 Å². The zero-order valence-electron chi connectivity index (χ0n) is 12.3. The Labute approximate surface area is 121 Å². The highest BCUT2D eigenvalue weighted by Gasteiger charge is 2.22. The van der Waals surface area contributed by atoms with Crippen LogP contribution in [0.3, 0.4) is 0 Å². The van der Waals surface area contributed by atoms with Crippen molar-refractivity contribution in [1.29, 1.82) is 0 Å². The molecule has 1 aromatic rings. The van der Waals surface area contributed by atoms with Crippen molar-refractivity contribution in [2.24, 2.45) is 5.92 Å². The minimum absolute atomic E-state index is 0.209. The van der Waals surface area contributed by atoms with Crippen LogP contribution in [0.2, 0.25) is 0 Å². The lowest BCUT2D eigenvalue weighted by Crippen LogP contribution is -2.36. The van der Waals surface area contributed by atoms with Crippen molar-refractivity contribution in [3.05, 3.63) is 30.3 Å². The highest BCUT2D eigenvalue weighted by Crippen LogP contribution is 2.29. The van der Waals surface area contributed by atoms with Crippen molar-refractivity contribution in [3.8, 4) is 0 Å². The molecule has 3 heteroatoms. The van der Waals surface area contributed by atoms with E-state index >= 15 is 0 Å². The first-order valence-electron chi connectivity index (χ1n) is 7.70. The van der Waals surface area contributed by atoms with Crippen LogP contribution < -0.4 is 4.90 Å². The molecule has 110 valence electrons. The number of hydrogen-bond acceptors (Lipinski definition) is 2. The van der Waals surface area contributed by atoms with Crippen molar-refractivity contribution >= 4 is 11.7 Å². The third kappa shape index (κ3) is 4.26. The first-order valence-corrected chi connectivity index (χ1v) is 7.70. The number of rotatable bonds is 5. The SMILES string of the molecule is CC1CCCC(N(CCC(=O)O)c2ccccc2)CC1. The molecule has 0 amide bonds. The largest absolute Gasteiger partial charge is 0.481 e. The molecule has 0 spiro atoms. The number of aliphatic carboxylic acids is 1. The number of anilines is 1. The van der Waals surface area contributed by atoms with Gasteiger partial charge in [0.2, 0.25) is 0 Å². The van der Waals surface area contributed by atoms with Crippen LogP contribution in [-0.2, 0) is 4.79 Å². The van der Waals surface area contributed by atoms with Gasteiger partial charge >= 0.3 is 5.97 Å². The van der Waals surface area contributed by atoms with Gasteiger partial charge in [-0.15, -0.1) is 0 Å². The second kappa shape index (κ2) is 7.32. The fourth-order valence-corrected chi connectivity index (χ4v) is 3.14. The van der Waals surface area contributed by atoms with Gasteiger partial charge < -0.3 is 10.0 Å². The molecule has 20 heavy (non-hydrogen) atoms. The van der Waals surface area contributed by atoms with Crippen molar-refractivity contribution in [3.63, 3.8) is 0 Å². The Balaban J connectivity index is 2.10. The van der Waals surface area contributed by atoms with E-state index in [1.807, 2.05) is 18.2 Å². The first-order chi connectivity index (χ1) is 9.66. The number of carbonyl (C=O) groups is 1. The molecule has 3 nitrogen and oxygen atoms in total. The molecule has 2 rings (SSSR count). The normalized spacial score (nSPS) is 23.1. The summed E-state index contributed by atoms with van der Waals surface area (Å²) in [7, 11) is 0. The standard InChI is InChI=1S/C17H25NO2/c1-14-6-5-9-16(11-10-14)18(13-12-17(19)20)15-7-3-2-4-8-15/h2-4,7-8,14,16H,5-6,9-13H2,1H3,(H,19,20). The quantitative estimate of drug-likeness (QED) is 0.828. The molecule has 1 saturated carbocycles. The molecular formula is C17H25NO2. The van der Waals surface area contributed by atoms with Gasteiger partial charge in [-0.05, 0) is 37.3 Å². The summed E-state index contributed by atoms with van der Waals surface area (Å²) in [5, 5.41) is 8.98.